The number of benzene rings is 1. The monoisotopic (exact) mass is 274 g/mol. The van der Waals surface area contributed by atoms with E-state index in [4.69, 9.17) is 5.73 Å². The minimum absolute atomic E-state index is 0.289. The molecule has 0 spiro atoms. The summed E-state index contributed by atoms with van der Waals surface area (Å²) in [6, 6.07) is 5.97. The highest BCUT2D eigenvalue weighted by atomic mass is 16.4. The zero-order valence-corrected chi connectivity index (χ0v) is 11.2. The highest BCUT2D eigenvalue weighted by Gasteiger charge is 2.35. The molecule has 1 unspecified atom stereocenters. The lowest BCUT2D eigenvalue weighted by atomic mass is 9.93. The van der Waals surface area contributed by atoms with Gasteiger partial charge < -0.3 is 15.7 Å². The lowest BCUT2D eigenvalue weighted by Gasteiger charge is -2.35. The molecule has 106 valence electrons. The van der Waals surface area contributed by atoms with Crippen LogP contribution in [0.4, 0.5) is 0 Å². The number of aliphatic carboxylic acids is 1. The van der Waals surface area contributed by atoms with E-state index in [1.165, 1.54) is 4.90 Å². The van der Waals surface area contributed by atoms with Gasteiger partial charge in [-0.1, -0.05) is 30.3 Å². The summed E-state index contributed by atoms with van der Waals surface area (Å²) in [5.41, 5.74) is 7.73. The van der Waals surface area contributed by atoms with Crippen molar-refractivity contribution in [2.24, 2.45) is 5.73 Å². The summed E-state index contributed by atoms with van der Waals surface area (Å²) in [6.45, 7) is 3.84. The van der Waals surface area contributed by atoms with Crippen LogP contribution in [0.5, 0.6) is 0 Å². The third-order valence-electron chi connectivity index (χ3n) is 3.55. The molecular formula is C15H18N2O3. The van der Waals surface area contributed by atoms with Crippen LogP contribution in [0.25, 0.3) is 0 Å². The third kappa shape index (κ3) is 2.72. The van der Waals surface area contributed by atoms with Crippen LogP contribution in [0.1, 0.15) is 17.5 Å². The van der Waals surface area contributed by atoms with Gasteiger partial charge in [-0.3, -0.25) is 4.79 Å². The van der Waals surface area contributed by atoms with E-state index in [0.717, 1.165) is 11.1 Å². The Morgan fingerprint density at radius 1 is 1.45 bits per heavy atom. The molecule has 1 aromatic carbocycles. The first-order chi connectivity index (χ1) is 9.54. The van der Waals surface area contributed by atoms with Gasteiger partial charge in [0.05, 0.1) is 6.04 Å². The average molecular weight is 274 g/mol. The predicted molar refractivity (Wildman–Crippen MR) is 74.9 cm³/mol. The maximum absolute atomic E-state index is 12.3. The number of rotatable bonds is 4. The summed E-state index contributed by atoms with van der Waals surface area (Å²) in [5, 5.41) is 9.34. The predicted octanol–water partition coefficient (Wildman–Crippen LogP) is 0.928. The van der Waals surface area contributed by atoms with Gasteiger partial charge in [-0.05, 0) is 17.5 Å². The third-order valence-corrected chi connectivity index (χ3v) is 3.55. The summed E-state index contributed by atoms with van der Waals surface area (Å²) in [4.78, 5) is 25.1. The summed E-state index contributed by atoms with van der Waals surface area (Å²) >= 11 is 0. The molecule has 1 amide bonds. The Balaban J connectivity index is 2.28. The minimum Gasteiger partial charge on any atom is -0.480 e. The number of carboxylic acids is 1. The fourth-order valence-corrected chi connectivity index (χ4v) is 2.47. The maximum atomic E-state index is 12.3. The number of carbonyl (C=O) groups is 2. The fourth-order valence-electron chi connectivity index (χ4n) is 2.47. The number of fused-ring (bicyclic) bond motifs is 1. The molecule has 0 bridgehead atoms. The molecule has 2 rings (SSSR count). The van der Waals surface area contributed by atoms with E-state index in [1.807, 2.05) is 24.3 Å². The van der Waals surface area contributed by atoms with E-state index in [1.54, 1.807) is 6.08 Å². The van der Waals surface area contributed by atoms with E-state index in [0.29, 0.717) is 12.8 Å². The Kier molecular flexibility index (Phi) is 4.20. The molecule has 0 saturated carbocycles. The SMILES string of the molecule is C=CCC(N)C(=O)N1Cc2ccccc2C[C@@H]1C(=O)O. The average Bonchev–Trinajstić information content (AvgIpc) is 2.45. The van der Waals surface area contributed by atoms with Crippen LogP contribution in [0.2, 0.25) is 0 Å². The molecule has 1 aliphatic rings. The number of carbonyl (C=O) groups excluding carboxylic acids is 1. The second-order valence-electron chi connectivity index (χ2n) is 4.92. The van der Waals surface area contributed by atoms with Gasteiger partial charge in [-0.2, -0.15) is 0 Å². The highest BCUT2D eigenvalue weighted by molar-refractivity contribution is 5.87. The van der Waals surface area contributed by atoms with Crippen molar-refractivity contribution in [2.45, 2.75) is 31.5 Å². The van der Waals surface area contributed by atoms with Gasteiger partial charge in [-0.25, -0.2) is 4.79 Å². The van der Waals surface area contributed by atoms with Crippen molar-refractivity contribution in [3.05, 3.63) is 48.0 Å². The first kappa shape index (κ1) is 14.3. The van der Waals surface area contributed by atoms with Crippen molar-refractivity contribution in [1.29, 1.82) is 0 Å². The van der Waals surface area contributed by atoms with E-state index < -0.39 is 18.1 Å². The van der Waals surface area contributed by atoms with Crippen molar-refractivity contribution < 1.29 is 14.7 Å². The van der Waals surface area contributed by atoms with Crippen molar-refractivity contribution in [3.63, 3.8) is 0 Å². The van der Waals surface area contributed by atoms with Gasteiger partial charge in [0.2, 0.25) is 5.91 Å². The molecule has 5 heteroatoms. The van der Waals surface area contributed by atoms with Gasteiger partial charge in [0.25, 0.3) is 0 Å². The van der Waals surface area contributed by atoms with Crippen LogP contribution < -0.4 is 5.73 Å². The Bertz CT molecular complexity index is 542. The molecule has 3 N–H and O–H groups in total. The largest absolute Gasteiger partial charge is 0.480 e. The van der Waals surface area contributed by atoms with Crippen LogP contribution in [0.3, 0.4) is 0 Å². The zero-order chi connectivity index (χ0) is 14.7. The molecule has 1 aliphatic heterocycles. The number of nitrogens with zero attached hydrogens (tertiary/aromatic N) is 1. The normalized spacial score (nSPS) is 19.1. The minimum atomic E-state index is -1.00. The van der Waals surface area contributed by atoms with Crippen molar-refractivity contribution in [3.8, 4) is 0 Å². The van der Waals surface area contributed by atoms with Crippen LogP contribution in [-0.2, 0) is 22.6 Å². The lowest BCUT2D eigenvalue weighted by Crippen LogP contribution is -2.53. The molecule has 0 saturated heterocycles. The maximum Gasteiger partial charge on any atom is 0.326 e. The van der Waals surface area contributed by atoms with Gasteiger partial charge in [0.15, 0.2) is 0 Å². The Morgan fingerprint density at radius 3 is 2.70 bits per heavy atom. The second-order valence-corrected chi connectivity index (χ2v) is 4.92. The fraction of sp³-hybridized carbons (Fsp3) is 0.333. The standard InChI is InChI=1S/C15H18N2O3/c1-2-5-12(16)14(18)17-9-11-7-4-3-6-10(11)8-13(17)15(19)20/h2-4,6-7,12-13H,1,5,8-9,16H2,(H,19,20)/t12?,13-/m1/s1. The van der Waals surface area contributed by atoms with Crippen LogP contribution in [0, 0.1) is 0 Å². The molecule has 0 fully saturated rings. The first-order valence-electron chi connectivity index (χ1n) is 6.51. The van der Waals surface area contributed by atoms with Crippen LogP contribution in [0.15, 0.2) is 36.9 Å². The van der Waals surface area contributed by atoms with E-state index in [-0.39, 0.29) is 12.5 Å². The summed E-state index contributed by atoms with van der Waals surface area (Å²) in [5.74, 6) is -1.34. The molecule has 0 aromatic heterocycles. The number of hydrogen-bond acceptors (Lipinski definition) is 3. The topological polar surface area (TPSA) is 83.6 Å². The van der Waals surface area contributed by atoms with E-state index >= 15 is 0 Å². The van der Waals surface area contributed by atoms with Crippen LogP contribution in [-0.4, -0.2) is 34.0 Å². The van der Waals surface area contributed by atoms with Gasteiger partial charge in [0.1, 0.15) is 6.04 Å². The lowest BCUT2D eigenvalue weighted by molar-refractivity contribution is -0.151. The Morgan fingerprint density at radius 2 is 2.10 bits per heavy atom. The summed E-state index contributed by atoms with van der Waals surface area (Å²) < 4.78 is 0. The molecular weight excluding hydrogens is 256 g/mol. The second kappa shape index (κ2) is 5.88. The van der Waals surface area contributed by atoms with E-state index in [9.17, 15) is 14.7 Å². The highest BCUT2D eigenvalue weighted by Crippen LogP contribution is 2.24. The van der Waals surface area contributed by atoms with Crippen molar-refractivity contribution in [2.75, 3.05) is 0 Å². The number of amides is 1. The summed E-state index contributed by atoms with van der Waals surface area (Å²) in [6.07, 6.45) is 2.22. The quantitative estimate of drug-likeness (QED) is 0.800. The van der Waals surface area contributed by atoms with Gasteiger partial charge in [0, 0.05) is 13.0 Å². The molecule has 1 heterocycles. The Labute approximate surface area is 117 Å². The molecule has 20 heavy (non-hydrogen) atoms. The van der Waals surface area contributed by atoms with Crippen LogP contribution >= 0.6 is 0 Å². The van der Waals surface area contributed by atoms with Crippen molar-refractivity contribution >= 4 is 11.9 Å². The molecule has 2 atom stereocenters. The van der Waals surface area contributed by atoms with Gasteiger partial charge in [-0.15, -0.1) is 6.58 Å². The number of carboxylic acid groups (broad SMARTS) is 1. The summed E-state index contributed by atoms with van der Waals surface area (Å²) in [7, 11) is 0. The zero-order valence-electron chi connectivity index (χ0n) is 11.2. The first-order valence-corrected chi connectivity index (χ1v) is 6.51. The molecule has 1 aromatic rings. The van der Waals surface area contributed by atoms with Crippen molar-refractivity contribution in [1.82, 2.24) is 4.90 Å². The van der Waals surface area contributed by atoms with E-state index in [2.05, 4.69) is 6.58 Å². The molecule has 0 radical (unpaired) electrons. The molecule has 0 aliphatic carbocycles. The Hall–Kier alpha value is -2.14. The number of nitrogens with two attached hydrogens (primary N) is 1. The smallest absolute Gasteiger partial charge is 0.326 e. The van der Waals surface area contributed by atoms with Gasteiger partial charge >= 0.3 is 5.97 Å². The number of hydrogen-bond donors (Lipinski definition) is 2. The molecule has 5 nitrogen and oxygen atoms in total.